The maximum absolute atomic E-state index is 11.6. The quantitative estimate of drug-likeness (QED) is 0.540. The highest BCUT2D eigenvalue weighted by atomic mass is 127. The van der Waals surface area contributed by atoms with Crippen molar-refractivity contribution in [3.05, 3.63) is 9.77 Å². The van der Waals surface area contributed by atoms with Crippen molar-refractivity contribution in [2.75, 3.05) is 0 Å². The van der Waals surface area contributed by atoms with Gasteiger partial charge in [0, 0.05) is 13.5 Å². The van der Waals surface area contributed by atoms with E-state index in [0.717, 1.165) is 9.26 Å². The lowest BCUT2D eigenvalue weighted by Crippen LogP contribution is -2.21. The summed E-state index contributed by atoms with van der Waals surface area (Å²) in [5, 5.41) is 16.4. The van der Waals surface area contributed by atoms with Gasteiger partial charge in [0.1, 0.15) is 5.69 Å². The molecule has 0 bridgehead atoms. The summed E-state index contributed by atoms with van der Waals surface area (Å²) in [7, 11) is 1.80. The monoisotopic (exact) mass is 420 g/mol. The number of hydrogen-bond donors (Lipinski definition) is 0. The Morgan fingerprint density at radius 1 is 1.41 bits per heavy atom. The maximum Gasteiger partial charge on any atom is 0.510 e. The summed E-state index contributed by atoms with van der Waals surface area (Å²) < 4.78 is 12.7. The zero-order chi connectivity index (χ0) is 16.3. The molecule has 0 spiro atoms. The van der Waals surface area contributed by atoms with Crippen molar-refractivity contribution in [1.29, 1.82) is 0 Å². The minimum absolute atomic E-state index is 0.250. The number of aryl methyl sites for hydroxylation is 1. The highest BCUT2D eigenvalue weighted by Gasteiger charge is 2.21. The summed E-state index contributed by atoms with van der Waals surface area (Å²) in [6, 6.07) is 0. The second kappa shape index (κ2) is 7.03. The van der Waals surface area contributed by atoms with Gasteiger partial charge in [-0.3, -0.25) is 4.68 Å². The van der Waals surface area contributed by atoms with Crippen LogP contribution in [0.5, 0.6) is 0 Å². The van der Waals surface area contributed by atoms with E-state index in [0.29, 0.717) is 12.2 Å². The zero-order valence-corrected chi connectivity index (χ0v) is 14.9. The average Bonchev–Trinajstić information content (AvgIpc) is 3.02. The third kappa shape index (κ3) is 3.72. The molecule has 0 radical (unpaired) electrons. The van der Waals surface area contributed by atoms with Crippen LogP contribution in [0.4, 0.5) is 4.79 Å². The average molecular weight is 420 g/mol. The Labute approximate surface area is 141 Å². The van der Waals surface area contributed by atoms with Gasteiger partial charge in [-0.15, -0.1) is 15.0 Å². The Morgan fingerprint density at radius 2 is 2.14 bits per heavy atom. The molecular formula is C12H17IN6O3. The highest BCUT2D eigenvalue weighted by molar-refractivity contribution is 14.1. The fourth-order valence-corrected chi connectivity index (χ4v) is 2.44. The number of carbonyl (C=O) groups is 1. The molecule has 2 rings (SSSR count). The predicted octanol–water partition coefficient (Wildman–Crippen LogP) is 2.15. The molecule has 1 unspecified atom stereocenters. The van der Waals surface area contributed by atoms with E-state index < -0.39 is 12.4 Å². The van der Waals surface area contributed by atoms with Gasteiger partial charge in [-0.1, -0.05) is 6.92 Å². The Balaban J connectivity index is 2.17. The van der Waals surface area contributed by atoms with Crippen molar-refractivity contribution in [3.63, 3.8) is 0 Å². The first-order chi connectivity index (χ1) is 10.4. The SMILES string of the molecule is CCC(OC(=O)OC(C)C)n1nnc(-c2c(I)cnn2C)n1. The summed E-state index contributed by atoms with van der Waals surface area (Å²) in [5.41, 5.74) is 0.756. The van der Waals surface area contributed by atoms with E-state index in [2.05, 4.69) is 43.1 Å². The van der Waals surface area contributed by atoms with Gasteiger partial charge in [0.15, 0.2) is 0 Å². The molecule has 10 heteroatoms. The topological polar surface area (TPSA) is 97.0 Å². The van der Waals surface area contributed by atoms with Crippen molar-refractivity contribution in [1.82, 2.24) is 30.0 Å². The molecule has 0 aromatic carbocycles. The Hall–Kier alpha value is -1.72. The van der Waals surface area contributed by atoms with Gasteiger partial charge in [0.25, 0.3) is 0 Å². The van der Waals surface area contributed by atoms with Crippen LogP contribution in [0.25, 0.3) is 11.5 Å². The van der Waals surface area contributed by atoms with Crippen molar-refractivity contribution in [3.8, 4) is 11.5 Å². The summed E-state index contributed by atoms with van der Waals surface area (Å²) in [6.07, 6.45) is 0.532. The van der Waals surface area contributed by atoms with E-state index in [1.165, 1.54) is 4.80 Å². The second-order valence-corrected chi connectivity index (χ2v) is 5.96. The van der Waals surface area contributed by atoms with Crippen LogP contribution in [0.3, 0.4) is 0 Å². The first kappa shape index (κ1) is 16.6. The first-order valence-corrected chi connectivity index (χ1v) is 7.84. The van der Waals surface area contributed by atoms with Crippen LogP contribution < -0.4 is 0 Å². The van der Waals surface area contributed by atoms with Crippen LogP contribution in [0.2, 0.25) is 0 Å². The number of tetrazole rings is 1. The third-order valence-electron chi connectivity index (χ3n) is 2.71. The Morgan fingerprint density at radius 3 is 2.68 bits per heavy atom. The molecule has 0 aliphatic rings. The van der Waals surface area contributed by atoms with Gasteiger partial charge in [-0.25, -0.2) is 4.79 Å². The maximum atomic E-state index is 11.6. The van der Waals surface area contributed by atoms with Crippen LogP contribution >= 0.6 is 22.6 Å². The number of aromatic nitrogens is 6. The van der Waals surface area contributed by atoms with E-state index in [9.17, 15) is 4.79 Å². The number of ether oxygens (including phenoxy) is 2. The zero-order valence-electron chi connectivity index (χ0n) is 12.7. The predicted molar refractivity (Wildman–Crippen MR) is 84.8 cm³/mol. The molecule has 0 aliphatic carbocycles. The van der Waals surface area contributed by atoms with Crippen LogP contribution in [0.15, 0.2) is 6.20 Å². The normalized spacial score (nSPS) is 12.5. The summed E-state index contributed by atoms with van der Waals surface area (Å²) in [5.74, 6) is 0.420. The van der Waals surface area contributed by atoms with Gasteiger partial charge < -0.3 is 9.47 Å². The Bertz CT molecular complexity index is 634. The molecule has 0 aliphatic heterocycles. The van der Waals surface area contributed by atoms with E-state index in [1.54, 1.807) is 31.8 Å². The standard InChI is InChI=1S/C12H17IN6O3/c1-5-9(22-12(20)21-7(2)3)19-16-11(15-17-19)10-8(13)6-14-18(10)4/h6-7,9H,5H2,1-4H3. The molecular weight excluding hydrogens is 403 g/mol. The summed E-state index contributed by atoms with van der Waals surface area (Å²) >= 11 is 2.15. The second-order valence-electron chi connectivity index (χ2n) is 4.80. The van der Waals surface area contributed by atoms with Crippen molar-refractivity contribution >= 4 is 28.7 Å². The number of carbonyl (C=O) groups excluding carboxylic acids is 1. The van der Waals surface area contributed by atoms with Gasteiger partial charge in [-0.2, -0.15) is 5.10 Å². The van der Waals surface area contributed by atoms with E-state index in [-0.39, 0.29) is 6.10 Å². The van der Waals surface area contributed by atoms with Crippen LogP contribution in [0.1, 0.15) is 33.4 Å². The smallest absolute Gasteiger partial charge is 0.432 e. The van der Waals surface area contributed by atoms with Gasteiger partial charge in [0.05, 0.1) is 15.9 Å². The number of nitrogens with zero attached hydrogens (tertiary/aromatic N) is 6. The lowest BCUT2D eigenvalue weighted by atomic mass is 10.4. The fraction of sp³-hybridized carbons (Fsp3) is 0.583. The molecule has 0 fully saturated rings. The largest absolute Gasteiger partial charge is 0.510 e. The van der Waals surface area contributed by atoms with Gasteiger partial charge in [0.2, 0.25) is 12.1 Å². The van der Waals surface area contributed by atoms with E-state index in [4.69, 9.17) is 9.47 Å². The lowest BCUT2D eigenvalue weighted by Gasteiger charge is -2.15. The summed E-state index contributed by atoms with van der Waals surface area (Å²) in [4.78, 5) is 12.9. The molecule has 2 aromatic heterocycles. The molecule has 0 saturated carbocycles. The fourth-order valence-electron chi connectivity index (χ4n) is 1.73. The minimum Gasteiger partial charge on any atom is -0.432 e. The number of rotatable bonds is 5. The van der Waals surface area contributed by atoms with Crippen molar-refractivity contribution < 1.29 is 14.3 Å². The van der Waals surface area contributed by atoms with Crippen LogP contribution in [-0.4, -0.2) is 42.2 Å². The Kier molecular flexibility index (Phi) is 5.32. The van der Waals surface area contributed by atoms with E-state index >= 15 is 0 Å². The van der Waals surface area contributed by atoms with Crippen molar-refractivity contribution in [2.24, 2.45) is 7.05 Å². The number of halogens is 1. The molecule has 0 N–H and O–H groups in total. The third-order valence-corrected chi connectivity index (χ3v) is 3.49. The lowest BCUT2D eigenvalue weighted by molar-refractivity contribution is -0.0290. The molecule has 1 atom stereocenters. The van der Waals surface area contributed by atoms with Crippen molar-refractivity contribution in [2.45, 2.75) is 39.5 Å². The van der Waals surface area contributed by atoms with Crippen LogP contribution in [0, 0.1) is 3.57 Å². The molecule has 120 valence electrons. The highest BCUT2D eigenvalue weighted by Crippen LogP contribution is 2.21. The molecule has 2 aromatic rings. The van der Waals surface area contributed by atoms with Crippen LogP contribution in [-0.2, 0) is 16.5 Å². The van der Waals surface area contributed by atoms with E-state index in [1.807, 2.05) is 6.92 Å². The molecule has 0 amide bonds. The molecule has 22 heavy (non-hydrogen) atoms. The minimum atomic E-state index is -0.754. The summed E-state index contributed by atoms with van der Waals surface area (Å²) in [6.45, 7) is 5.35. The number of hydrogen-bond acceptors (Lipinski definition) is 7. The molecule has 9 nitrogen and oxygen atoms in total. The molecule has 0 saturated heterocycles. The molecule has 2 heterocycles. The van der Waals surface area contributed by atoms with Gasteiger partial charge >= 0.3 is 6.16 Å². The van der Waals surface area contributed by atoms with Gasteiger partial charge in [-0.05, 0) is 41.7 Å². The first-order valence-electron chi connectivity index (χ1n) is 6.77.